The van der Waals surface area contributed by atoms with Crippen molar-refractivity contribution in [3.63, 3.8) is 0 Å². The highest BCUT2D eigenvalue weighted by Crippen LogP contribution is 2.20. The molecule has 0 bridgehead atoms. The van der Waals surface area contributed by atoms with Crippen LogP contribution in [-0.4, -0.2) is 57.3 Å². The molecule has 0 spiro atoms. The van der Waals surface area contributed by atoms with Crippen LogP contribution in [0.3, 0.4) is 0 Å². The molecule has 8 nitrogen and oxygen atoms in total. The second kappa shape index (κ2) is 6.91. The topological polar surface area (TPSA) is 88.2 Å². The molecule has 0 aromatic carbocycles. The highest BCUT2D eigenvalue weighted by molar-refractivity contribution is 5.93. The van der Waals surface area contributed by atoms with E-state index >= 15 is 0 Å². The van der Waals surface area contributed by atoms with Gasteiger partial charge in [-0.2, -0.15) is 5.10 Å². The van der Waals surface area contributed by atoms with Crippen LogP contribution >= 0.6 is 0 Å². The summed E-state index contributed by atoms with van der Waals surface area (Å²) in [6, 6.07) is 9.24. The molecule has 1 aliphatic heterocycles. The predicted molar refractivity (Wildman–Crippen MR) is 94.6 cm³/mol. The minimum absolute atomic E-state index is 0.126. The Hall–Kier alpha value is -3.29. The predicted octanol–water partition coefficient (Wildman–Crippen LogP) is 1.80. The molecular formula is C18H18N6O2. The van der Waals surface area contributed by atoms with Gasteiger partial charge >= 0.3 is 0 Å². The second-order valence-corrected chi connectivity index (χ2v) is 6.13. The van der Waals surface area contributed by atoms with Gasteiger partial charge in [0.05, 0.1) is 5.69 Å². The minimum atomic E-state index is -0.126. The molecule has 3 aromatic rings. The first kappa shape index (κ1) is 16.2. The fourth-order valence-electron chi connectivity index (χ4n) is 2.88. The molecular weight excluding hydrogens is 332 g/mol. The van der Waals surface area contributed by atoms with Crippen molar-refractivity contribution in [1.82, 2.24) is 25.2 Å². The van der Waals surface area contributed by atoms with E-state index in [4.69, 9.17) is 4.52 Å². The van der Waals surface area contributed by atoms with Crippen LogP contribution in [0.2, 0.25) is 0 Å². The van der Waals surface area contributed by atoms with Gasteiger partial charge in [-0.05, 0) is 31.2 Å². The summed E-state index contributed by atoms with van der Waals surface area (Å²) in [5.41, 5.74) is 1.99. The van der Waals surface area contributed by atoms with Crippen molar-refractivity contribution in [3.8, 4) is 11.3 Å². The monoisotopic (exact) mass is 350 g/mol. The maximum atomic E-state index is 12.7. The average molecular weight is 350 g/mol. The maximum Gasteiger partial charge on any atom is 0.276 e. The highest BCUT2D eigenvalue weighted by Gasteiger charge is 2.25. The summed E-state index contributed by atoms with van der Waals surface area (Å²) in [6.07, 6.45) is 3.36. The summed E-state index contributed by atoms with van der Waals surface area (Å²) >= 11 is 0. The van der Waals surface area contributed by atoms with Crippen molar-refractivity contribution in [1.29, 1.82) is 0 Å². The summed E-state index contributed by atoms with van der Waals surface area (Å²) in [6.45, 7) is 4.52. The fraction of sp³-hybridized carbons (Fsp3) is 0.278. The molecule has 1 aliphatic rings. The van der Waals surface area contributed by atoms with E-state index in [2.05, 4.69) is 25.2 Å². The van der Waals surface area contributed by atoms with Gasteiger partial charge in [0.1, 0.15) is 0 Å². The number of carbonyl (C=O) groups excluding carboxylic acids is 1. The lowest BCUT2D eigenvalue weighted by Gasteiger charge is -2.34. The molecule has 0 N–H and O–H groups in total. The van der Waals surface area contributed by atoms with Crippen LogP contribution in [0.4, 0.5) is 5.82 Å². The van der Waals surface area contributed by atoms with Gasteiger partial charge in [-0.15, -0.1) is 5.10 Å². The van der Waals surface area contributed by atoms with Crippen LogP contribution in [0, 0.1) is 6.92 Å². The molecule has 132 valence electrons. The van der Waals surface area contributed by atoms with E-state index in [-0.39, 0.29) is 5.91 Å². The molecule has 8 heteroatoms. The summed E-state index contributed by atoms with van der Waals surface area (Å²) in [4.78, 5) is 20.6. The quantitative estimate of drug-likeness (QED) is 0.711. The minimum Gasteiger partial charge on any atom is -0.355 e. The normalized spacial score (nSPS) is 14.5. The Bertz CT molecular complexity index is 886. The van der Waals surface area contributed by atoms with Crippen molar-refractivity contribution in [3.05, 3.63) is 54.1 Å². The van der Waals surface area contributed by atoms with Crippen LogP contribution in [0.1, 0.15) is 16.2 Å². The first-order valence-electron chi connectivity index (χ1n) is 8.42. The third kappa shape index (κ3) is 3.26. The first-order chi connectivity index (χ1) is 12.7. The van der Waals surface area contributed by atoms with E-state index in [0.29, 0.717) is 37.6 Å². The number of carbonyl (C=O) groups is 1. The van der Waals surface area contributed by atoms with E-state index in [1.807, 2.05) is 31.2 Å². The SMILES string of the molecule is Cc1ccc(N2CCN(C(=O)c3cc(-c4cccnc4)on3)CC2)nn1. The molecule has 0 aliphatic carbocycles. The van der Waals surface area contributed by atoms with Crippen molar-refractivity contribution < 1.29 is 9.32 Å². The Morgan fingerprint density at radius 3 is 2.65 bits per heavy atom. The van der Waals surface area contributed by atoms with E-state index < -0.39 is 0 Å². The molecule has 1 amide bonds. The number of rotatable bonds is 3. The summed E-state index contributed by atoms with van der Waals surface area (Å²) < 4.78 is 5.30. The number of hydrogen-bond donors (Lipinski definition) is 0. The van der Waals surface area contributed by atoms with Gasteiger partial charge in [0, 0.05) is 50.2 Å². The van der Waals surface area contributed by atoms with Crippen LogP contribution in [-0.2, 0) is 0 Å². The summed E-state index contributed by atoms with van der Waals surface area (Å²) in [7, 11) is 0. The average Bonchev–Trinajstić information content (AvgIpc) is 3.19. The third-order valence-corrected chi connectivity index (χ3v) is 4.35. The molecule has 0 radical (unpaired) electrons. The number of anilines is 1. The smallest absolute Gasteiger partial charge is 0.276 e. The fourth-order valence-corrected chi connectivity index (χ4v) is 2.88. The number of nitrogens with zero attached hydrogens (tertiary/aromatic N) is 6. The van der Waals surface area contributed by atoms with E-state index in [1.54, 1.807) is 23.4 Å². The Morgan fingerprint density at radius 1 is 1.12 bits per heavy atom. The zero-order valence-electron chi connectivity index (χ0n) is 14.4. The Labute approximate surface area is 150 Å². The third-order valence-electron chi connectivity index (χ3n) is 4.35. The molecule has 1 saturated heterocycles. The van der Waals surface area contributed by atoms with Gasteiger partial charge < -0.3 is 14.3 Å². The van der Waals surface area contributed by atoms with Gasteiger partial charge in [-0.25, -0.2) is 0 Å². The van der Waals surface area contributed by atoms with Crippen LogP contribution < -0.4 is 4.90 Å². The maximum absolute atomic E-state index is 12.7. The Balaban J connectivity index is 1.41. The van der Waals surface area contributed by atoms with Crippen molar-refractivity contribution in [2.45, 2.75) is 6.92 Å². The molecule has 3 aromatic heterocycles. The largest absolute Gasteiger partial charge is 0.355 e. The zero-order valence-corrected chi connectivity index (χ0v) is 14.4. The molecule has 1 fully saturated rings. The molecule has 4 heterocycles. The van der Waals surface area contributed by atoms with Crippen molar-refractivity contribution in [2.24, 2.45) is 0 Å². The van der Waals surface area contributed by atoms with Gasteiger partial charge in [0.25, 0.3) is 5.91 Å². The van der Waals surface area contributed by atoms with Gasteiger partial charge in [-0.3, -0.25) is 9.78 Å². The van der Waals surface area contributed by atoms with Gasteiger partial charge in [0.15, 0.2) is 17.3 Å². The number of hydrogen-bond acceptors (Lipinski definition) is 7. The van der Waals surface area contributed by atoms with Gasteiger partial charge in [-0.1, -0.05) is 5.16 Å². The van der Waals surface area contributed by atoms with E-state index in [9.17, 15) is 4.79 Å². The zero-order chi connectivity index (χ0) is 17.9. The number of aryl methyl sites for hydroxylation is 1. The van der Waals surface area contributed by atoms with Crippen molar-refractivity contribution >= 4 is 11.7 Å². The van der Waals surface area contributed by atoms with Gasteiger partial charge in [0.2, 0.25) is 0 Å². The lowest BCUT2D eigenvalue weighted by molar-refractivity contribution is 0.0736. The molecule has 0 atom stereocenters. The lowest BCUT2D eigenvalue weighted by Crippen LogP contribution is -2.49. The first-order valence-corrected chi connectivity index (χ1v) is 8.42. The van der Waals surface area contributed by atoms with Crippen LogP contribution in [0.5, 0.6) is 0 Å². The van der Waals surface area contributed by atoms with Crippen LogP contribution in [0.25, 0.3) is 11.3 Å². The molecule has 0 unspecified atom stereocenters. The summed E-state index contributed by atoms with van der Waals surface area (Å²) in [5.74, 6) is 1.25. The van der Waals surface area contributed by atoms with Crippen molar-refractivity contribution in [2.75, 3.05) is 31.1 Å². The summed E-state index contributed by atoms with van der Waals surface area (Å²) in [5, 5.41) is 12.2. The number of aromatic nitrogens is 4. The molecule has 4 rings (SSSR count). The standard InChI is InChI=1S/C18H18N6O2/c1-13-4-5-17(21-20-13)23-7-9-24(10-8-23)18(25)15-11-16(26-22-15)14-3-2-6-19-12-14/h2-6,11-12H,7-10H2,1H3. The molecule has 0 saturated carbocycles. The Morgan fingerprint density at radius 2 is 1.96 bits per heavy atom. The lowest BCUT2D eigenvalue weighted by atomic mass is 10.2. The molecule has 26 heavy (non-hydrogen) atoms. The highest BCUT2D eigenvalue weighted by atomic mass is 16.5. The van der Waals surface area contributed by atoms with Crippen LogP contribution in [0.15, 0.2) is 47.2 Å². The Kier molecular flexibility index (Phi) is 4.30. The number of pyridine rings is 1. The second-order valence-electron chi connectivity index (χ2n) is 6.13. The number of amides is 1. The number of piperazine rings is 1. The van der Waals surface area contributed by atoms with E-state index in [0.717, 1.165) is 17.1 Å². The van der Waals surface area contributed by atoms with E-state index in [1.165, 1.54) is 0 Å².